The van der Waals surface area contributed by atoms with Gasteiger partial charge in [-0.3, -0.25) is 9.59 Å². The molecular formula is C25H26N4O3. The number of nitrogens with one attached hydrogen (secondary N) is 1. The van der Waals surface area contributed by atoms with E-state index in [9.17, 15) is 9.59 Å². The fraction of sp³-hybridized carbons (Fsp3) is 0.360. The number of aryl methyl sites for hydroxylation is 1. The molecule has 0 radical (unpaired) electrons. The molecule has 7 nitrogen and oxygen atoms in total. The van der Waals surface area contributed by atoms with Gasteiger partial charge in [0, 0.05) is 35.8 Å². The standard InChI is InChI=1S/C25H26N4O3/c1-15-6-3-11-21(16(15)2)26-24(31)19-13-22(30)29(14-19)20-10-5-9-18(12-20)23-27-25(32-28-23)17-7-4-8-17/h3,5-6,9-12,17,19H,4,7-8,13-14H2,1-2H3,(H,26,31). The van der Waals surface area contributed by atoms with Gasteiger partial charge in [-0.2, -0.15) is 4.98 Å². The molecule has 5 rings (SSSR count). The maximum absolute atomic E-state index is 12.9. The van der Waals surface area contributed by atoms with E-state index in [1.807, 2.05) is 56.3 Å². The Morgan fingerprint density at radius 2 is 1.97 bits per heavy atom. The molecule has 164 valence electrons. The molecule has 7 heteroatoms. The lowest BCUT2D eigenvalue weighted by atomic mass is 9.85. The minimum absolute atomic E-state index is 0.0634. The first-order chi connectivity index (χ1) is 15.5. The number of anilines is 2. The Hall–Kier alpha value is -3.48. The van der Waals surface area contributed by atoms with Crippen LogP contribution in [0.15, 0.2) is 47.0 Å². The van der Waals surface area contributed by atoms with Gasteiger partial charge in [0.25, 0.3) is 0 Å². The molecule has 0 spiro atoms. The van der Waals surface area contributed by atoms with E-state index in [-0.39, 0.29) is 18.2 Å². The lowest BCUT2D eigenvalue weighted by Crippen LogP contribution is -2.28. The maximum Gasteiger partial charge on any atom is 0.230 e. The summed E-state index contributed by atoms with van der Waals surface area (Å²) in [5.41, 5.74) is 4.49. The van der Waals surface area contributed by atoms with Crippen LogP contribution in [0, 0.1) is 19.8 Å². The third-order valence-electron chi connectivity index (χ3n) is 6.67. The molecule has 32 heavy (non-hydrogen) atoms. The maximum atomic E-state index is 12.9. The third-order valence-corrected chi connectivity index (χ3v) is 6.67. The zero-order chi connectivity index (χ0) is 22.2. The monoisotopic (exact) mass is 430 g/mol. The van der Waals surface area contributed by atoms with Gasteiger partial charge in [-0.05, 0) is 56.0 Å². The number of hydrogen-bond acceptors (Lipinski definition) is 5. The van der Waals surface area contributed by atoms with Crippen molar-refractivity contribution in [1.29, 1.82) is 0 Å². The summed E-state index contributed by atoms with van der Waals surface area (Å²) in [5, 5.41) is 7.12. The van der Waals surface area contributed by atoms with Crippen molar-refractivity contribution in [2.45, 2.75) is 45.4 Å². The Morgan fingerprint density at radius 1 is 1.16 bits per heavy atom. The largest absolute Gasteiger partial charge is 0.339 e. The Morgan fingerprint density at radius 3 is 2.75 bits per heavy atom. The van der Waals surface area contributed by atoms with Crippen LogP contribution in [0.2, 0.25) is 0 Å². The molecule has 1 aliphatic heterocycles. The summed E-state index contributed by atoms with van der Waals surface area (Å²) in [7, 11) is 0. The van der Waals surface area contributed by atoms with E-state index in [0.717, 1.165) is 40.9 Å². The van der Waals surface area contributed by atoms with Crippen LogP contribution in [0.3, 0.4) is 0 Å². The fourth-order valence-corrected chi connectivity index (χ4v) is 4.24. The van der Waals surface area contributed by atoms with Gasteiger partial charge in [-0.15, -0.1) is 0 Å². The van der Waals surface area contributed by atoms with Crippen molar-refractivity contribution in [1.82, 2.24) is 10.1 Å². The smallest absolute Gasteiger partial charge is 0.230 e. The van der Waals surface area contributed by atoms with Crippen LogP contribution in [0.25, 0.3) is 11.4 Å². The van der Waals surface area contributed by atoms with Crippen molar-refractivity contribution in [3.05, 3.63) is 59.5 Å². The second kappa shape index (κ2) is 8.22. The van der Waals surface area contributed by atoms with Gasteiger partial charge >= 0.3 is 0 Å². The van der Waals surface area contributed by atoms with Crippen molar-refractivity contribution < 1.29 is 14.1 Å². The van der Waals surface area contributed by atoms with E-state index in [2.05, 4.69) is 15.5 Å². The number of nitrogens with zero attached hydrogens (tertiary/aromatic N) is 3. The highest BCUT2D eigenvalue weighted by Gasteiger charge is 2.35. The molecular weight excluding hydrogens is 404 g/mol. The number of carbonyl (C=O) groups excluding carboxylic acids is 2. The highest BCUT2D eigenvalue weighted by Crippen LogP contribution is 2.36. The van der Waals surface area contributed by atoms with Crippen molar-refractivity contribution in [3.63, 3.8) is 0 Å². The molecule has 1 saturated heterocycles. The number of benzene rings is 2. The zero-order valence-corrected chi connectivity index (χ0v) is 18.3. The topological polar surface area (TPSA) is 88.3 Å². The molecule has 1 N–H and O–H groups in total. The van der Waals surface area contributed by atoms with Crippen LogP contribution < -0.4 is 10.2 Å². The van der Waals surface area contributed by atoms with Crippen molar-refractivity contribution in [2.75, 3.05) is 16.8 Å². The number of carbonyl (C=O) groups is 2. The SMILES string of the molecule is Cc1cccc(NC(=O)C2CC(=O)N(c3cccc(-c4noc(C5CCC5)n4)c3)C2)c1C. The highest BCUT2D eigenvalue weighted by molar-refractivity contribution is 6.04. The van der Waals surface area contributed by atoms with Crippen LogP contribution in [-0.2, 0) is 9.59 Å². The molecule has 1 atom stereocenters. The summed E-state index contributed by atoms with van der Waals surface area (Å²) >= 11 is 0. The van der Waals surface area contributed by atoms with Crippen LogP contribution >= 0.6 is 0 Å². The molecule has 1 unspecified atom stereocenters. The van der Waals surface area contributed by atoms with Gasteiger partial charge in [0.2, 0.25) is 23.5 Å². The molecule has 2 aliphatic rings. The lowest BCUT2D eigenvalue weighted by molar-refractivity contribution is -0.122. The molecule has 2 fully saturated rings. The average molecular weight is 431 g/mol. The quantitative estimate of drug-likeness (QED) is 0.638. The summed E-state index contributed by atoms with van der Waals surface area (Å²) < 4.78 is 5.44. The first-order valence-electron chi connectivity index (χ1n) is 11.1. The Kier molecular flexibility index (Phi) is 5.25. The van der Waals surface area contributed by atoms with Gasteiger partial charge in [-0.25, -0.2) is 0 Å². The second-order valence-corrected chi connectivity index (χ2v) is 8.78. The molecule has 2 amide bonds. The van der Waals surface area contributed by atoms with E-state index in [0.29, 0.717) is 24.2 Å². The van der Waals surface area contributed by atoms with Gasteiger partial charge in [-0.1, -0.05) is 35.8 Å². The third kappa shape index (κ3) is 3.79. The van der Waals surface area contributed by atoms with Crippen molar-refractivity contribution in [2.24, 2.45) is 5.92 Å². The predicted molar refractivity (Wildman–Crippen MR) is 121 cm³/mol. The minimum Gasteiger partial charge on any atom is -0.339 e. The summed E-state index contributed by atoms with van der Waals surface area (Å²) in [6, 6.07) is 13.4. The molecule has 1 aromatic heterocycles. The van der Waals surface area contributed by atoms with Crippen LogP contribution in [-0.4, -0.2) is 28.5 Å². The van der Waals surface area contributed by atoms with Crippen LogP contribution in [0.5, 0.6) is 0 Å². The van der Waals surface area contributed by atoms with Gasteiger partial charge in [0.15, 0.2) is 0 Å². The zero-order valence-electron chi connectivity index (χ0n) is 18.3. The Bertz CT molecular complexity index is 1180. The van der Waals surface area contributed by atoms with Crippen LogP contribution in [0.4, 0.5) is 11.4 Å². The number of amides is 2. The molecule has 1 saturated carbocycles. The number of hydrogen-bond donors (Lipinski definition) is 1. The first kappa shape index (κ1) is 20.4. The number of aromatic nitrogens is 2. The fourth-order valence-electron chi connectivity index (χ4n) is 4.24. The summed E-state index contributed by atoms with van der Waals surface area (Å²) in [5.74, 6) is 1.000. The van der Waals surface area contributed by atoms with Crippen molar-refractivity contribution in [3.8, 4) is 11.4 Å². The van der Waals surface area contributed by atoms with E-state index in [1.54, 1.807) is 4.90 Å². The summed E-state index contributed by atoms with van der Waals surface area (Å²) in [4.78, 5) is 31.8. The summed E-state index contributed by atoms with van der Waals surface area (Å²) in [6.45, 7) is 4.34. The van der Waals surface area contributed by atoms with E-state index < -0.39 is 5.92 Å². The first-order valence-corrected chi connectivity index (χ1v) is 11.1. The van der Waals surface area contributed by atoms with Gasteiger partial charge < -0.3 is 14.7 Å². The summed E-state index contributed by atoms with van der Waals surface area (Å²) in [6.07, 6.45) is 3.58. The van der Waals surface area contributed by atoms with Crippen molar-refractivity contribution >= 4 is 23.2 Å². The molecule has 1 aliphatic carbocycles. The van der Waals surface area contributed by atoms with E-state index in [1.165, 1.54) is 6.42 Å². The van der Waals surface area contributed by atoms with Crippen LogP contribution in [0.1, 0.15) is 48.6 Å². The van der Waals surface area contributed by atoms with Gasteiger partial charge in [0.05, 0.1) is 5.92 Å². The second-order valence-electron chi connectivity index (χ2n) is 8.78. The number of rotatable bonds is 5. The normalized spacial score (nSPS) is 18.6. The molecule has 3 aromatic rings. The van der Waals surface area contributed by atoms with Gasteiger partial charge in [0.1, 0.15) is 0 Å². The Balaban J connectivity index is 1.31. The molecule has 2 heterocycles. The lowest BCUT2D eigenvalue weighted by Gasteiger charge is -2.20. The Labute approximate surface area is 186 Å². The molecule has 0 bridgehead atoms. The van der Waals surface area contributed by atoms with E-state index in [4.69, 9.17) is 4.52 Å². The highest BCUT2D eigenvalue weighted by atomic mass is 16.5. The predicted octanol–water partition coefficient (Wildman–Crippen LogP) is 4.61. The van der Waals surface area contributed by atoms with E-state index >= 15 is 0 Å². The molecule has 2 aromatic carbocycles. The minimum atomic E-state index is -0.401. The average Bonchev–Trinajstić information content (AvgIpc) is 3.37.